The van der Waals surface area contributed by atoms with Crippen LogP contribution in [0.15, 0.2) is 30.3 Å². The summed E-state index contributed by atoms with van der Waals surface area (Å²) in [6.45, 7) is 1.82. The maximum Gasteiger partial charge on any atom is 0.218 e. The Labute approximate surface area is 178 Å². The van der Waals surface area contributed by atoms with E-state index < -0.39 is 17.5 Å². The first kappa shape index (κ1) is 21.6. The fourth-order valence-corrected chi connectivity index (χ4v) is 3.82. The van der Waals surface area contributed by atoms with E-state index in [0.29, 0.717) is 11.3 Å². The average molecular weight is 438 g/mol. The number of nitrogen functional groups attached to an aromatic ring is 1. The number of benzene rings is 2. The minimum absolute atomic E-state index is 0.0175. The minimum Gasteiger partial charge on any atom is -0.398 e. The summed E-state index contributed by atoms with van der Waals surface area (Å²) in [4.78, 5) is 24.2. The molecule has 0 radical (unpaired) electrons. The number of halogens is 3. The molecule has 1 aliphatic rings. The molecular weight excluding hydrogens is 416 g/mol. The number of nitrogens with one attached hydrogen (secondary N) is 1. The number of nitrogens with two attached hydrogens (primary N) is 2. The molecule has 0 aliphatic heterocycles. The molecule has 0 spiro atoms. The highest BCUT2D eigenvalue weighted by Gasteiger charge is 2.36. The van der Waals surface area contributed by atoms with Crippen molar-refractivity contribution in [1.29, 1.82) is 0 Å². The smallest absolute Gasteiger partial charge is 0.218 e. The number of hydrogen-bond acceptors (Lipinski definition) is 4. The van der Waals surface area contributed by atoms with Crippen LogP contribution in [-0.4, -0.2) is 17.7 Å². The van der Waals surface area contributed by atoms with Gasteiger partial charge in [0.1, 0.15) is 5.82 Å². The van der Waals surface area contributed by atoms with Crippen molar-refractivity contribution in [1.82, 2.24) is 5.32 Å². The molecule has 0 aromatic heterocycles. The number of carbonyl (C=O) groups is 2. The molecule has 29 heavy (non-hydrogen) atoms. The maximum absolute atomic E-state index is 15.5. The van der Waals surface area contributed by atoms with Crippen LogP contribution >= 0.6 is 23.2 Å². The van der Waals surface area contributed by atoms with Gasteiger partial charge in [-0.25, -0.2) is 4.39 Å². The molecule has 8 heteroatoms. The van der Waals surface area contributed by atoms with Crippen LogP contribution in [0.25, 0.3) is 0 Å². The average Bonchev–Trinajstić information content (AvgIpc) is 3.47. The molecule has 1 amide bonds. The highest BCUT2D eigenvalue weighted by atomic mass is 35.5. The van der Waals surface area contributed by atoms with Gasteiger partial charge < -0.3 is 16.8 Å². The van der Waals surface area contributed by atoms with E-state index in [1.54, 1.807) is 6.07 Å². The van der Waals surface area contributed by atoms with Crippen LogP contribution in [0.2, 0.25) is 10.0 Å². The molecule has 0 unspecified atom stereocenters. The van der Waals surface area contributed by atoms with Crippen molar-refractivity contribution in [3.8, 4) is 0 Å². The molecule has 5 N–H and O–H groups in total. The monoisotopic (exact) mass is 437 g/mol. The van der Waals surface area contributed by atoms with E-state index in [1.165, 1.54) is 24.3 Å². The van der Waals surface area contributed by atoms with Crippen LogP contribution < -0.4 is 16.8 Å². The Kier molecular flexibility index (Phi) is 6.46. The fraction of sp³-hybridized carbons (Fsp3) is 0.333. The van der Waals surface area contributed by atoms with Crippen molar-refractivity contribution < 1.29 is 14.0 Å². The van der Waals surface area contributed by atoms with Crippen LogP contribution in [0.3, 0.4) is 0 Å². The number of primary amides is 1. The van der Waals surface area contributed by atoms with Gasteiger partial charge in [0.15, 0.2) is 5.78 Å². The molecule has 0 bridgehead atoms. The third kappa shape index (κ3) is 4.89. The zero-order valence-corrected chi connectivity index (χ0v) is 17.4. The van der Waals surface area contributed by atoms with Crippen molar-refractivity contribution in [2.45, 2.75) is 38.3 Å². The molecule has 5 nitrogen and oxygen atoms in total. The minimum atomic E-state index is -0.675. The summed E-state index contributed by atoms with van der Waals surface area (Å²) < 4.78 is 15.5. The lowest BCUT2D eigenvalue weighted by molar-refractivity contribution is -0.118. The lowest BCUT2D eigenvalue weighted by Crippen LogP contribution is -2.35. The van der Waals surface area contributed by atoms with E-state index >= 15 is 4.39 Å². The van der Waals surface area contributed by atoms with Gasteiger partial charge in [0.25, 0.3) is 0 Å². The molecular formula is C21H22Cl2FN3O2. The summed E-state index contributed by atoms with van der Waals surface area (Å²) in [5, 5.41) is 3.50. The Balaban J connectivity index is 1.97. The molecule has 154 valence electrons. The van der Waals surface area contributed by atoms with Crippen LogP contribution in [-0.2, 0) is 4.79 Å². The Morgan fingerprint density at radius 3 is 2.48 bits per heavy atom. The second-order valence-electron chi connectivity index (χ2n) is 7.44. The van der Waals surface area contributed by atoms with Gasteiger partial charge in [-0.05, 0) is 49.9 Å². The second-order valence-corrected chi connectivity index (χ2v) is 8.26. The molecule has 1 aliphatic carbocycles. The topological polar surface area (TPSA) is 98.2 Å². The SMILES string of the molecule is C[C@@H](CC(N)=O)N[C@@H](c1ccc(Cl)c(C(=O)c2ccc(N)c(Cl)c2)c1F)C1CC1. The van der Waals surface area contributed by atoms with Crippen LogP contribution in [0, 0.1) is 11.7 Å². The number of hydrogen-bond donors (Lipinski definition) is 3. The van der Waals surface area contributed by atoms with Gasteiger partial charge >= 0.3 is 0 Å². The van der Waals surface area contributed by atoms with Crippen molar-refractivity contribution in [2.75, 3.05) is 5.73 Å². The Bertz CT molecular complexity index is 963. The molecule has 1 saturated carbocycles. The summed E-state index contributed by atoms with van der Waals surface area (Å²) in [6.07, 6.45) is 1.99. The first-order chi connectivity index (χ1) is 13.7. The van der Waals surface area contributed by atoms with E-state index in [2.05, 4.69) is 5.32 Å². The molecule has 0 heterocycles. The van der Waals surface area contributed by atoms with Crippen molar-refractivity contribution >= 4 is 40.6 Å². The van der Waals surface area contributed by atoms with Crippen LogP contribution in [0.4, 0.5) is 10.1 Å². The number of ketones is 1. The van der Waals surface area contributed by atoms with E-state index in [0.717, 1.165) is 12.8 Å². The lowest BCUT2D eigenvalue weighted by Gasteiger charge is -2.24. The molecule has 1 fully saturated rings. The largest absolute Gasteiger partial charge is 0.398 e. The first-order valence-electron chi connectivity index (χ1n) is 9.31. The van der Waals surface area contributed by atoms with E-state index in [-0.39, 0.29) is 45.6 Å². The molecule has 0 saturated heterocycles. The zero-order chi connectivity index (χ0) is 21.3. The lowest BCUT2D eigenvalue weighted by atomic mass is 9.94. The van der Waals surface area contributed by atoms with Gasteiger partial charge in [-0.3, -0.25) is 9.59 Å². The normalized spacial score (nSPS) is 15.7. The van der Waals surface area contributed by atoms with Gasteiger partial charge in [-0.2, -0.15) is 0 Å². The molecule has 3 rings (SSSR count). The third-order valence-electron chi connectivity index (χ3n) is 5.01. The van der Waals surface area contributed by atoms with E-state index in [4.69, 9.17) is 34.7 Å². The summed E-state index contributed by atoms with van der Waals surface area (Å²) in [5.41, 5.74) is 11.6. The number of anilines is 1. The highest BCUT2D eigenvalue weighted by molar-refractivity contribution is 6.36. The standard InChI is InChI=1S/C21H22Cl2FN3O2/c1-10(8-17(26)28)27-20(11-2-3-11)13-5-6-14(22)18(19(13)24)21(29)12-4-7-16(25)15(23)9-12/h4-7,9-11,20,27H,2-3,8,25H2,1H3,(H2,26,28)/t10-,20+/m0/s1. The zero-order valence-electron chi connectivity index (χ0n) is 15.8. The first-order valence-corrected chi connectivity index (χ1v) is 10.1. The van der Waals surface area contributed by atoms with Crippen molar-refractivity contribution in [3.63, 3.8) is 0 Å². The van der Waals surface area contributed by atoms with Crippen molar-refractivity contribution in [3.05, 3.63) is 62.9 Å². The fourth-order valence-electron chi connectivity index (χ4n) is 3.41. The van der Waals surface area contributed by atoms with Gasteiger partial charge in [-0.15, -0.1) is 0 Å². The van der Waals surface area contributed by atoms with Gasteiger partial charge in [0.2, 0.25) is 5.91 Å². The second kappa shape index (κ2) is 8.69. The Hall–Kier alpha value is -2.15. The van der Waals surface area contributed by atoms with Crippen LogP contribution in [0.5, 0.6) is 0 Å². The number of carbonyl (C=O) groups excluding carboxylic acids is 2. The highest BCUT2D eigenvalue weighted by Crippen LogP contribution is 2.43. The van der Waals surface area contributed by atoms with E-state index in [9.17, 15) is 9.59 Å². The van der Waals surface area contributed by atoms with E-state index in [1.807, 2.05) is 6.92 Å². The summed E-state index contributed by atoms with van der Waals surface area (Å²) in [7, 11) is 0. The molecule has 2 aromatic rings. The van der Waals surface area contributed by atoms with Gasteiger partial charge in [0.05, 0.1) is 21.3 Å². The predicted octanol–water partition coefficient (Wildman–Crippen LogP) is 4.25. The number of rotatable bonds is 8. The third-order valence-corrected chi connectivity index (χ3v) is 5.65. The Morgan fingerprint density at radius 1 is 1.21 bits per heavy atom. The Morgan fingerprint density at radius 2 is 1.90 bits per heavy atom. The molecule has 2 aromatic carbocycles. The molecule has 2 atom stereocenters. The van der Waals surface area contributed by atoms with Crippen molar-refractivity contribution in [2.24, 2.45) is 11.7 Å². The predicted molar refractivity (Wildman–Crippen MR) is 113 cm³/mol. The maximum atomic E-state index is 15.5. The van der Waals surface area contributed by atoms with Crippen LogP contribution in [0.1, 0.15) is 53.7 Å². The summed E-state index contributed by atoms with van der Waals surface area (Å²) in [5.74, 6) is -1.47. The number of amides is 1. The quantitative estimate of drug-likeness (QED) is 0.424. The summed E-state index contributed by atoms with van der Waals surface area (Å²) >= 11 is 12.2. The summed E-state index contributed by atoms with van der Waals surface area (Å²) in [6, 6.07) is 6.89. The van der Waals surface area contributed by atoms with Gasteiger partial charge in [-0.1, -0.05) is 29.3 Å². The van der Waals surface area contributed by atoms with Gasteiger partial charge in [0, 0.05) is 29.6 Å².